The minimum atomic E-state index is -0.274. The lowest BCUT2D eigenvalue weighted by Gasteiger charge is -2.15. The zero-order valence-corrected chi connectivity index (χ0v) is 9.89. The maximum atomic E-state index is 11.5. The van der Waals surface area contributed by atoms with Crippen molar-refractivity contribution in [3.8, 4) is 0 Å². The second-order valence-corrected chi connectivity index (χ2v) is 4.92. The zero-order valence-electron chi connectivity index (χ0n) is 9.08. The number of nitrogens with zero attached hydrogens (tertiary/aromatic N) is 1. The van der Waals surface area contributed by atoms with E-state index in [1.54, 1.807) is 0 Å². The molecular weight excluding hydrogens is 210 g/mol. The van der Waals surface area contributed by atoms with Crippen LogP contribution in [0.4, 0.5) is 0 Å². The molecule has 82 valence electrons. The van der Waals surface area contributed by atoms with Gasteiger partial charge >= 0.3 is 5.97 Å². The van der Waals surface area contributed by atoms with Crippen LogP contribution in [0.25, 0.3) is 0 Å². The molecule has 0 N–H and O–H groups in total. The van der Waals surface area contributed by atoms with Gasteiger partial charge in [-0.15, -0.1) is 11.3 Å². The highest BCUT2D eigenvalue weighted by Crippen LogP contribution is 2.34. The molecule has 0 saturated carbocycles. The lowest BCUT2D eigenvalue weighted by atomic mass is 9.93. The van der Waals surface area contributed by atoms with E-state index in [0.717, 1.165) is 12.1 Å². The van der Waals surface area contributed by atoms with Crippen molar-refractivity contribution in [1.29, 1.82) is 0 Å². The first-order valence-electron chi connectivity index (χ1n) is 5.39. The van der Waals surface area contributed by atoms with Crippen LogP contribution in [0.3, 0.4) is 0 Å². The third-order valence-corrected chi connectivity index (χ3v) is 3.80. The van der Waals surface area contributed by atoms with E-state index in [-0.39, 0.29) is 5.97 Å². The van der Waals surface area contributed by atoms with Crippen molar-refractivity contribution in [2.24, 2.45) is 0 Å². The molecule has 0 spiro atoms. The fraction of sp³-hybridized carbons (Fsp3) is 0.636. The predicted molar refractivity (Wildman–Crippen MR) is 59.4 cm³/mol. The maximum Gasteiger partial charge on any atom is 0.367 e. The third kappa shape index (κ3) is 2.04. The number of carbonyl (C=O) groups is 1. The Morgan fingerprint density at radius 2 is 2.47 bits per heavy atom. The number of aromatic nitrogens is 1. The number of hydrogen-bond acceptors (Lipinski definition) is 4. The minimum Gasteiger partial charge on any atom is -0.461 e. The summed E-state index contributed by atoms with van der Waals surface area (Å²) in [6, 6.07) is 0. The fourth-order valence-corrected chi connectivity index (χ4v) is 3.03. The fourth-order valence-electron chi connectivity index (χ4n) is 1.91. The molecule has 4 heteroatoms. The second-order valence-electron chi connectivity index (χ2n) is 3.84. The summed E-state index contributed by atoms with van der Waals surface area (Å²) in [6.07, 6.45) is 3.45. The number of ether oxygens (including phenoxy) is 1. The molecule has 0 bridgehead atoms. The highest BCUT2D eigenvalue weighted by atomic mass is 32.1. The molecule has 0 radical (unpaired) electrons. The molecule has 1 aliphatic carbocycles. The van der Waals surface area contributed by atoms with Crippen LogP contribution in [0.15, 0.2) is 0 Å². The summed E-state index contributed by atoms with van der Waals surface area (Å²) in [7, 11) is 0. The molecular formula is C11H15NO2S. The Morgan fingerprint density at radius 3 is 3.13 bits per heavy atom. The van der Waals surface area contributed by atoms with Crippen molar-refractivity contribution in [3.05, 3.63) is 15.6 Å². The smallest absolute Gasteiger partial charge is 0.367 e. The first-order valence-corrected chi connectivity index (χ1v) is 6.20. The second kappa shape index (κ2) is 4.31. The van der Waals surface area contributed by atoms with Crippen LogP contribution in [0.1, 0.15) is 53.0 Å². The summed E-state index contributed by atoms with van der Waals surface area (Å²) in [5.41, 5.74) is 1.12. The van der Waals surface area contributed by atoms with Crippen LogP contribution in [0.2, 0.25) is 0 Å². The number of carbonyl (C=O) groups excluding carboxylic acids is 1. The Balaban J connectivity index is 2.25. The molecule has 1 unspecified atom stereocenters. The van der Waals surface area contributed by atoms with E-state index in [2.05, 4.69) is 11.9 Å². The van der Waals surface area contributed by atoms with Crippen LogP contribution >= 0.6 is 11.3 Å². The van der Waals surface area contributed by atoms with Gasteiger partial charge in [-0.3, -0.25) is 0 Å². The summed E-state index contributed by atoms with van der Waals surface area (Å²) < 4.78 is 4.95. The number of fused-ring (bicyclic) bond motifs is 1. The highest BCUT2D eigenvalue weighted by Gasteiger charge is 2.24. The monoisotopic (exact) mass is 225 g/mol. The summed E-state index contributed by atoms with van der Waals surface area (Å²) in [4.78, 5) is 17.2. The molecule has 3 nitrogen and oxygen atoms in total. The number of aryl methyl sites for hydroxylation is 1. The molecule has 15 heavy (non-hydrogen) atoms. The van der Waals surface area contributed by atoms with E-state index in [0.29, 0.717) is 17.5 Å². The molecule has 0 amide bonds. The first kappa shape index (κ1) is 10.6. The Morgan fingerprint density at radius 1 is 1.67 bits per heavy atom. The van der Waals surface area contributed by atoms with E-state index in [1.807, 2.05) is 6.92 Å². The van der Waals surface area contributed by atoms with Crippen LogP contribution in [0.5, 0.6) is 0 Å². The first-order chi connectivity index (χ1) is 7.22. The van der Waals surface area contributed by atoms with E-state index >= 15 is 0 Å². The standard InChI is InChI=1S/C11H15NO2S/c1-3-14-11(13)10-12-9-7(2)5-4-6-8(9)15-10/h7H,3-6H2,1-2H3. The summed E-state index contributed by atoms with van der Waals surface area (Å²) >= 11 is 1.50. The molecule has 1 aliphatic rings. The molecule has 1 aromatic rings. The quantitative estimate of drug-likeness (QED) is 0.726. The molecule has 1 heterocycles. The minimum absolute atomic E-state index is 0.274. The summed E-state index contributed by atoms with van der Waals surface area (Å²) in [6.45, 7) is 4.40. The molecule has 1 atom stereocenters. The van der Waals surface area contributed by atoms with Crippen LogP contribution in [-0.2, 0) is 11.2 Å². The van der Waals surface area contributed by atoms with Crippen molar-refractivity contribution in [1.82, 2.24) is 4.98 Å². The van der Waals surface area contributed by atoms with E-state index in [9.17, 15) is 4.79 Å². The Hall–Kier alpha value is -0.900. The maximum absolute atomic E-state index is 11.5. The van der Waals surface area contributed by atoms with Gasteiger partial charge in [-0.1, -0.05) is 6.92 Å². The van der Waals surface area contributed by atoms with Gasteiger partial charge in [0.25, 0.3) is 0 Å². The lowest BCUT2D eigenvalue weighted by Crippen LogP contribution is -2.06. The van der Waals surface area contributed by atoms with E-state index in [4.69, 9.17) is 4.74 Å². The predicted octanol–water partition coefficient (Wildman–Crippen LogP) is 2.76. The Bertz CT molecular complexity index is 373. The van der Waals surface area contributed by atoms with Gasteiger partial charge in [0, 0.05) is 4.88 Å². The average Bonchev–Trinajstić information content (AvgIpc) is 2.63. The van der Waals surface area contributed by atoms with Gasteiger partial charge in [-0.25, -0.2) is 9.78 Å². The Labute approximate surface area is 93.5 Å². The van der Waals surface area contributed by atoms with Gasteiger partial charge in [0.05, 0.1) is 12.3 Å². The molecule has 0 saturated heterocycles. The molecule has 2 rings (SSSR count). The van der Waals surface area contributed by atoms with Crippen LogP contribution in [0, 0.1) is 0 Å². The largest absolute Gasteiger partial charge is 0.461 e. The number of hydrogen-bond donors (Lipinski definition) is 0. The molecule has 0 aliphatic heterocycles. The van der Waals surface area contributed by atoms with Crippen LogP contribution < -0.4 is 0 Å². The summed E-state index contributed by atoms with van der Waals surface area (Å²) in [5, 5.41) is 0.524. The van der Waals surface area contributed by atoms with Crippen molar-refractivity contribution in [3.63, 3.8) is 0 Å². The SMILES string of the molecule is CCOC(=O)c1nc2c(s1)CCCC2C. The van der Waals surface area contributed by atoms with Gasteiger partial charge in [0.15, 0.2) is 0 Å². The molecule has 1 aromatic heterocycles. The van der Waals surface area contributed by atoms with Gasteiger partial charge in [-0.05, 0) is 32.1 Å². The molecule has 0 aromatic carbocycles. The van der Waals surface area contributed by atoms with Gasteiger partial charge < -0.3 is 4.74 Å². The topological polar surface area (TPSA) is 39.2 Å². The van der Waals surface area contributed by atoms with E-state index < -0.39 is 0 Å². The molecule has 0 fully saturated rings. The van der Waals surface area contributed by atoms with Crippen molar-refractivity contribution in [2.75, 3.05) is 6.61 Å². The zero-order chi connectivity index (χ0) is 10.8. The van der Waals surface area contributed by atoms with E-state index in [1.165, 1.54) is 29.1 Å². The third-order valence-electron chi connectivity index (χ3n) is 2.69. The van der Waals surface area contributed by atoms with Gasteiger partial charge in [0.1, 0.15) is 0 Å². The number of rotatable bonds is 2. The Kier molecular flexibility index (Phi) is 3.05. The lowest BCUT2D eigenvalue weighted by molar-refractivity contribution is 0.0525. The van der Waals surface area contributed by atoms with Gasteiger partial charge in [-0.2, -0.15) is 0 Å². The normalized spacial score (nSPS) is 19.7. The van der Waals surface area contributed by atoms with Gasteiger partial charge in [0.2, 0.25) is 5.01 Å². The van der Waals surface area contributed by atoms with Crippen molar-refractivity contribution >= 4 is 17.3 Å². The van der Waals surface area contributed by atoms with Crippen LogP contribution in [-0.4, -0.2) is 17.6 Å². The number of thiazole rings is 1. The summed E-state index contributed by atoms with van der Waals surface area (Å²) in [5.74, 6) is 0.220. The number of esters is 1. The average molecular weight is 225 g/mol. The van der Waals surface area contributed by atoms with Crippen molar-refractivity contribution in [2.45, 2.75) is 39.0 Å². The highest BCUT2D eigenvalue weighted by molar-refractivity contribution is 7.13. The van der Waals surface area contributed by atoms with Crippen molar-refractivity contribution < 1.29 is 9.53 Å².